The Kier molecular flexibility index (Phi) is 6.65. The number of ketones is 1. The first kappa shape index (κ1) is 14.5. The fourth-order valence-electron chi connectivity index (χ4n) is 0.845. The quantitative estimate of drug-likeness (QED) is 0.504. The summed E-state index contributed by atoms with van der Waals surface area (Å²) in [4.78, 5) is 11.2. The van der Waals surface area contributed by atoms with Gasteiger partial charge in [-0.25, -0.2) is 4.39 Å². The average molecular weight is 238 g/mol. The zero-order chi connectivity index (χ0) is 11.9. The third kappa shape index (κ3) is 5.21. The van der Waals surface area contributed by atoms with Crippen molar-refractivity contribution < 1.29 is 22.8 Å². The third-order valence-corrected chi connectivity index (χ3v) is 3.57. The summed E-state index contributed by atoms with van der Waals surface area (Å²) in [5.41, 5.74) is 0. The molecule has 0 aromatic rings. The average Bonchev–Trinajstić information content (AvgIpc) is 2.25. The minimum absolute atomic E-state index is 0.546. The molecule has 0 aliphatic carbocycles. The predicted octanol–water partition coefficient (Wildman–Crippen LogP) is 2.35. The van der Waals surface area contributed by atoms with Crippen molar-refractivity contribution in [2.45, 2.75) is 19.5 Å². The standard InChI is InChI=1S/C9H16FO4P/c1-4-5-6-8(10)9(11)7-15(12,13-2)14-3/h5-6,8H,4,7H2,1-3H3/b6-5-. The number of hydrogen-bond acceptors (Lipinski definition) is 4. The highest BCUT2D eigenvalue weighted by atomic mass is 31.2. The summed E-state index contributed by atoms with van der Waals surface area (Å²) >= 11 is 0. The largest absolute Gasteiger partial charge is 0.337 e. The van der Waals surface area contributed by atoms with Crippen LogP contribution < -0.4 is 0 Å². The molecule has 0 aromatic carbocycles. The molecule has 1 atom stereocenters. The molecular weight excluding hydrogens is 222 g/mol. The Bertz CT molecular complexity index is 269. The SMILES string of the molecule is CC/C=C\C(F)C(=O)CP(=O)(OC)OC. The van der Waals surface area contributed by atoms with Gasteiger partial charge in [-0.15, -0.1) is 0 Å². The summed E-state index contributed by atoms with van der Waals surface area (Å²) in [7, 11) is -1.13. The van der Waals surface area contributed by atoms with Crippen LogP contribution >= 0.6 is 7.60 Å². The third-order valence-electron chi connectivity index (χ3n) is 1.75. The number of carbonyl (C=O) groups is 1. The normalized spacial score (nSPS) is 14.4. The molecule has 0 amide bonds. The molecule has 6 heteroatoms. The molecule has 0 rings (SSSR count). The Labute approximate surface area is 89.0 Å². The lowest BCUT2D eigenvalue weighted by Gasteiger charge is -2.12. The minimum Gasteiger partial charge on any atom is -0.312 e. The number of Topliss-reactive ketones (excluding diaryl/α,β-unsaturated/α-hetero) is 1. The summed E-state index contributed by atoms with van der Waals surface area (Å²) in [6, 6.07) is 0. The van der Waals surface area contributed by atoms with E-state index in [0.29, 0.717) is 6.42 Å². The smallest absolute Gasteiger partial charge is 0.312 e. The molecule has 0 aliphatic heterocycles. The Balaban J connectivity index is 4.35. The number of carbonyl (C=O) groups excluding carboxylic acids is 1. The van der Waals surface area contributed by atoms with Gasteiger partial charge in [0.2, 0.25) is 0 Å². The molecule has 0 heterocycles. The van der Waals surface area contributed by atoms with Crippen LogP contribution in [-0.4, -0.2) is 32.3 Å². The van der Waals surface area contributed by atoms with Gasteiger partial charge in [0, 0.05) is 14.2 Å². The number of rotatable bonds is 7. The van der Waals surface area contributed by atoms with Gasteiger partial charge in [-0.2, -0.15) is 0 Å². The fourth-order valence-corrected chi connectivity index (χ4v) is 1.81. The van der Waals surface area contributed by atoms with E-state index < -0.39 is 25.7 Å². The summed E-state index contributed by atoms with van der Waals surface area (Å²) in [5.74, 6) is -0.799. The van der Waals surface area contributed by atoms with Gasteiger partial charge in [-0.3, -0.25) is 9.36 Å². The first-order chi connectivity index (χ1) is 6.99. The highest BCUT2D eigenvalue weighted by molar-refractivity contribution is 7.54. The van der Waals surface area contributed by atoms with Crippen molar-refractivity contribution in [3.8, 4) is 0 Å². The molecule has 0 spiro atoms. The molecule has 4 nitrogen and oxygen atoms in total. The highest BCUT2D eigenvalue weighted by Crippen LogP contribution is 2.46. The van der Waals surface area contributed by atoms with Crippen LogP contribution in [0.5, 0.6) is 0 Å². The van der Waals surface area contributed by atoms with E-state index in [2.05, 4.69) is 9.05 Å². The maximum atomic E-state index is 13.1. The Hall–Kier alpha value is -0.510. The lowest BCUT2D eigenvalue weighted by atomic mass is 10.2. The zero-order valence-corrected chi connectivity index (χ0v) is 10.00. The van der Waals surface area contributed by atoms with Crippen LogP contribution in [0.3, 0.4) is 0 Å². The molecule has 0 N–H and O–H groups in total. The second kappa shape index (κ2) is 6.88. The lowest BCUT2D eigenvalue weighted by molar-refractivity contribution is -0.120. The highest BCUT2D eigenvalue weighted by Gasteiger charge is 2.28. The predicted molar refractivity (Wildman–Crippen MR) is 55.8 cm³/mol. The van der Waals surface area contributed by atoms with Crippen LogP contribution in [0.1, 0.15) is 13.3 Å². The molecule has 0 fully saturated rings. The van der Waals surface area contributed by atoms with Gasteiger partial charge in [-0.05, 0) is 12.5 Å². The molecule has 1 unspecified atom stereocenters. The Morgan fingerprint density at radius 1 is 1.47 bits per heavy atom. The zero-order valence-electron chi connectivity index (χ0n) is 9.10. The second-order valence-electron chi connectivity index (χ2n) is 2.84. The van der Waals surface area contributed by atoms with Crippen molar-refractivity contribution in [3.05, 3.63) is 12.2 Å². The Morgan fingerprint density at radius 2 is 2.00 bits per heavy atom. The minimum atomic E-state index is -3.45. The van der Waals surface area contributed by atoms with Crippen LogP contribution in [0.15, 0.2) is 12.2 Å². The van der Waals surface area contributed by atoms with Crippen molar-refractivity contribution in [1.82, 2.24) is 0 Å². The molecule has 0 radical (unpaired) electrons. The number of hydrogen-bond donors (Lipinski definition) is 0. The summed E-state index contributed by atoms with van der Waals surface area (Å²) in [6.45, 7) is 1.82. The van der Waals surface area contributed by atoms with Gasteiger partial charge in [0.05, 0.1) is 0 Å². The molecule has 0 bridgehead atoms. The molecule has 0 aromatic heterocycles. The monoisotopic (exact) mass is 238 g/mol. The number of halogens is 1. The van der Waals surface area contributed by atoms with Crippen molar-refractivity contribution in [1.29, 1.82) is 0 Å². The van der Waals surface area contributed by atoms with Gasteiger partial charge in [0.1, 0.15) is 6.16 Å². The maximum Gasteiger partial charge on any atom is 0.337 e. The van der Waals surface area contributed by atoms with Crippen LogP contribution in [0.25, 0.3) is 0 Å². The number of alkyl halides is 1. The first-order valence-electron chi connectivity index (χ1n) is 4.53. The van der Waals surface area contributed by atoms with E-state index >= 15 is 0 Å². The van der Waals surface area contributed by atoms with Crippen molar-refractivity contribution in [2.75, 3.05) is 20.4 Å². The van der Waals surface area contributed by atoms with Gasteiger partial charge in [-0.1, -0.05) is 13.0 Å². The van der Waals surface area contributed by atoms with E-state index in [9.17, 15) is 13.8 Å². The molecule has 15 heavy (non-hydrogen) atoms. The number of allylic oxidation sites excluding steroid dienone is 2. The maximum absolute atomic E-state index is 13.1. The van der Waals surface area contributed by atoms with Crippen LogP contribution in [0, 0.1) is 0 Å². The molecule has 0 saturated carbocycles. The Morgan fingerprint density at radius 3 is 2.40 bits per heavy atom. The van der Waals surface area contributed by atoms with Gasteiger partial charge in [0.25, 0.3) is 0 Å². The topological polar surface area (TPSA) is 52.6 Å². The van der Waals surface area contributed by atoms with E-state index in [1.165, 1.54) is 6.08 Å². The first-order valence-corrected chi connectivity index (χ1v) is 6.25. The summed E-state index contributed by atoms with van der Waals surface area (Å²) < 4.78 is 33.7. The van der Waals surface area contributed by atoms with E-state index in [4.69, 9.17) is 0 Å². The van der Waals surface area contributed by atoms with E-state index in [1.54, 1.807) is 0 Å². The van der Waals surface area contributed by atoms with Crippen LogP contribution in [-0.2, 0) is 18.4 Å². The van der Waals surface area contributed by atoms with Crippen molar-refractivity contribution in [3.63, 3.8) is 0 Å². The summed E-state index contributed by atoms with van der Waals surface area (Å²) in [5, 5.41) is 0. The van der Waals surface area contributed by atoms with E-state index in [-0.39, 0.29) is 0 Å². The summed E-state index contributed by atoms with van der Waals surface area (Å²) in [6.07, 6.45) is 1.02. The molecule has 0 saturated heterocycles. The van der Waals surface area contributed by atoms with Gasteiger partial charge >= 0.3 is 7.60 Å². The molecule has 0 aliphatic rings. The van der Waals surface area contributed by atoms with E-state index in [0.717, 1.165) is 20.3 Å². The van der Waals surface area contributed by atoms with Crippen LogP contribution in [0.4, 0.5) is 4.39 Å². The second-order valence-corrected chi connectivity index (χ2v) is 5.11. The lowest BCUT2D eigenvalue weighted by Crippen LogP contribution is -2.18. The van der Waals surface area contributed by atoms with E-state index in [1.807, 2.05) is 6.92 Å². The van der Waals surface area contributed by atoms with Crippen LogP contribution in [0.2, 0.25) is 0 Å². The van der Waals surface area contributed by atoms with Crippen molar-refractivity contribution in [2.24, 2.45) is 0 Å². The van der Waals surface area contributed by atoms with Crippen molar-refractivity contribution >= 4 is 13.4 Å². The fraction of sp³-hybridized carbons (Fsp3) is 0.667. The molecule has 88 valence electrons. The van der Waals surface area contributed by atoms with Gasteiger partial charge < -0.3 is 9.05 Å². The molecular formula is C9H16FO4P. The van der Waals surface area contributed by atoms with Gasteiger partial charge in [0.15, 0.2) is 12.0 Å².